The molecule has 0 saturated heterocycles. The molecule has 27 heavy (non-hydrogen) atoms. The van der Waals surface area contributed by atoms with Crippen molar-refractivity contribution in [2.75, 3.05) is 5.32 Å². The van der Waals surface area contributed by atoms with Crippen molar-refractivity contribution >= 4 is 22.5 Å². The Morgan fingerprint density at radius 2 is 1.74 bits per heavy atom. The number of para-hydroxylation sites is 1. The normalized spacial score (nSPS) is 10.7. The molecule has 0 spiro atoms. The number of carbonyl (C=O) groups is 1. The van der Waals surface area contributed by atoms with E-state index in [1.54, 1.807) is 42.7 Å². The molecule has 0 bridgehead atoms. The van der Waals surface area contributed by atoms with E-state index in [0.717, 1.165) is 22.2 Å². The van der Waals surface area contributed by atoms with E-state index in [-0.39, 0.29) is 11.9 Å². The van der Waals surface area contributed by atoms with E-state index in [2.05, 4.69) is 20.3 Å². The third-order valence-corrected chi connectivity index (χ3v) is 4.45. The predicted octanol–water partition coefficient (Wildman–Crippen LogP) is 4.62. The Balaban J connectivity index is 1.52. The summed E-state index contributed by atoms with van der Waals surface area (Å²) < 4.78 is 5.56. The number of hydrogen-bond acceptors (Lipinski definition) is 4. The number of aromatic amines is 1. The SMILES string of the molecule is Cc1[nH]c2c(C(=O)Nc3ccc(Oc4ncccn4)cc3)cccc2c1C. The summed E-state index contributed by atoms with van der Waals surface area (Å²) in [5.74, 6) is 0.429. The van der Waals surface area contributed by atoms with Crippen molar-refractivity contribution in [2.45, 2.75) is 13.8 Å². The Morgan fingerprint density at radius 1 is 1.00 bits per heavy atom. The number of aromatic nitrogens is 3. The van der Waals surface area contributed by atoms with Crippen molar-refractivity contribution in [3.8, 4) is 11.8 Å². The summed E-state index contributed by atoms with van der Waals surface area (Å²) in [5.41, 5.74) is 4.37. The van der Waals surface area contributed by atoms with Crippen LogP contribution in [0.3, 0.4) is 0 Å². The zero-order valence-electron chi connectivity index (χ0n) is 15.0. The summed E-state index contributed by atoms with van der Waals surface area (Å²) in [7, 11) is 0. The van der Waals surface area contributed by atoms with E-state index < -0.39 is 0 Å². The van der Waals surface area contributed by atoms with Crippen LogP contribution in [-0.4, -0.2) is 20.9 Å². The third kappa shape index (κ3) is 3.37. The van der Waals surface area contributed by atoms with E-state index in [1.807, 2.05) is 32.0 Å². The molecular formula is C21H18N4O2. The van der Waals surface area contributed by atoms with Gasteiger partial charge in [-0.2, -0.15) is 0 Å². The summed E-state index contributed by atoms with van der Waals surface area (Å²) in [5, 5.41) is 3.99. The van der Waals surface area contributed by atoms with E-state index in [1.165, 1.54) is 0 Å². The Bertz CT molecular complexity index is 1100. The number of H-pyrrole nitrogens is 1. The third-order valence-electron chi connectivity index (χ3n) is 4.45. The number of hydrogen-bond donors (Lipinski definition) is 2. The second-order valence-corrected chi connectivity index (χ2v) is 6.22. The van der Waals surface area contributed by atoms with E-state index in [9.17, 15) is 4.79 Å². The minimum absolute atomic E-state index is 0.165. The van der Waals surface area contributed by atoms with Gasteiger partial charge in [0.25, 0.3) is 5.91 Å². The van der Waals surface area contributed by atoms with E-state index >= 15 is 0 Å². The summed E-state index contributed by atoms with van der Waals surface area (Å²) in [6.45, 7) is 4.05. The number of nitrogens with one attached hydrogen (secondary N) is 2. The van der Waals surface area contributed by atoms with Crippen LogP contribution in [-0.2, 0) is 0 Å². The van der Waals surface area contributed by atoms with Crippen LogP contribution in [0.25, 0.3) is 10.9 Å². The highest BCUT2D eigenvalue weighted by molar-refractivity contribution is 6.12. The molecule has 2 heterocycles. The Kier molecular flexibility index (Phi) is 4.30. The van der Waals surface area contributed by atoms with Crippen LogP contribution in [0, 0.1) is 13.8 Å². The monoisotopic (exact) mass is 358 g/mol. The lowest BCUT2D eigenvalue weighted by Gasteiger charge is -2.08. The van der Waals surface area contributed by atoms with Crippen LogP contribution >= 0.6 is 0 Å². The number of carbonyl (C=O) groups excluding carboxylic acids is 1. The van der Waals surface area contributed by atoms with Crippen molar-refractivity contribution in [3.63, 3.8) is 0 Å². The first-order chi connectivity index (χ1) is 13.1. The Hall–Kier alpha value is -3.67. The van der Waals surface area contributed by atoms with E-state index in [0.29, 0.717) is 17.0 Å². The molecule has 2 N–H and O–H groups in total. The predicted molar refractivity (Wildman–Crippen MR) is 104 cm³/mol. The maximum atomic E-state index is 12.7. The Morgan fingerprint density at radius 3 is 2.48 bits per heavy atom. The van der Waals surface area contributed by atoms with Gasteiger partial charge in [0.15, 0.2) is 0 Å². The molecule has 1 amide bonds. The number of ether oxygens (including phenoxy) is 1. The first-order valence-electron chi connectivity index (χ1n) is 8.56. The molecule has 0 aliphatic heterocycles. The molecule has 6 heteroatoms. The first kappa shape index (κ1) is 16.8. The smallest absolute Gasteiger partial charge is 0.321 e. The van der Waals surface area contributed by atoms with Gasteiger partial charge < -0.3 is 15.0 Å². The fraction of sp³-hybridized carbons (Fsp3) is 0.0952. The molecule has 0 fully saturated rings. The zero-order valence-corrected chi connectivity index (χ0v) is 15.0. The van der Waals surface area contributed by atoms with Gasteiger partial charge in [0.2, 0.25) is 0 Å². The summed E-state index contributed by atoms with van der Waals surface area (Å²) in [6.07, 6.45) is 3.23. The van der Waals surface area contributed by atoms with Crippen molar-refractivity contribution in [2.24, 2.45) is 0 Å². The lowest BCUT2D eigenvalue weighted by molar-refractivity contribution is 0.102. The van der Waals surface area contributed by atoms with Crippen molar-refractivity contribution < 1.29 is 9.53 Å². The average Bonchev–Trinajstić information content (AvgIpc) is 2.98. The largest absolute Gasteiger partial charge is 0.424 e. The lowest BCUT2D eigenvalue weighted by atomic mass is 10.1. The van der Waals surface area contributed by atoms with Crippen LogP contribution in [0.5, 0.6) is 11.8 Å². The molecule has 6 nitrogen and oxygen atoms in total. The van der Waals surface area contributed by atoms with Gasteiger partial charge in [0, 0.05) is 29.2 Å². The molecule has 0 saturated carbocycles. The Labute approximate surface area is 156 Å². The van der Waals surface area contributed by atoms with Gasteiger partial charge in [-0.1, -0.05) is 12.1 Å². The van der Waals surface area contributed by atoms with Gasteiger partial charge >= 0.3 is 6.01 Å². The highest BCUT2D eigenvalue weighted by Crippen LogP contribution is 2.25. The van der Waals surface area contributed by atoms with Gasteiger partial charge in [0.1, 0.15) is 5.75 Å². The molecule has 0 radical (unpaired) electrons. The quantitative estimate of drug-likeness (QED) is 0.558. The van der Waals surface area contributed by atoms with Gasteiger partial charge in [0.05, 0.1) is 11.1 Å². The molecule has 4 aromatic rings. The average molecular weight is 358 g/mol. The van der Waals surface area contributed by atoms with Gasteiger partial charge in [-0.25, -0.2) is 9.97 Å². The maximum absolute atomic E-state index is 12.7. The van der Waals surface area contributed by atoms with Crippen molar-refractivity contribution in [1.29, 1.82) is 0 Å². The fourth-order valence-corrected chi connectivity index (χ4v) is 2.92. The number of benzene rings is 2. The van der Waals surface area contributed by atoms with Gasteiger partial charge in [-0.05, 0) is 55.8 Å². The minimum atomic E-state index is -0.165. The number of nitrogens with zero attached hydrogens (tertiary/aromatic N) is 2. The van der Waals surface area contributed by atoms with Gasteiger partial charge in [-0.15, -0.1) is 0 Å². The molecule has 4 rings (SSSR count). The number of amides is 1. The van der Waals surface area contributed by atoms with Crippen LogP contribution in [0.4, 0.5) is 5.69 Å². The lowest BCUT2D eigenvalue weighted by Crippen LogP contribution is -2.12. The molecule has 0 atom stereocenters. The standard InChI is InChI=1S/C21H18N4O2/c1-13-14(2)24-19-17(13)5-3-6-18(19)20(26)25-15-7-9-16(10-8-15)27-21-22-11-4-12-23-21/h3-12,24H,1-2H3,(H,25,26). The highest BCUT2D eigenvalue weighted by Gasteiger charge is 2.14. The molecule has 0 aliphatic rings. The van der Waals surface area contributed by atoms with Crippen LogP contribution in [0.2, 0.25) is 0 Å². The van der Waals surface area contributed by atoms with Crippen molar-refractivity contribution in [1.82, 2.24) is 15.0 Å². The molecule has 0 aliphatic carbocycles. The molecule has 134 valence electrons. The first-order valence-corrected chi connectivity index (χ1v) is 8.56. The number of rotatable bonds is 4. The highest BCUT2D eigenvalue weighted by atomic mass is 16.5. The van der Waals surface area contributed by atoms with Crippen LogP contribution < -0.4 is 10.1 Å². The molecule has 2 aromatic carbocycles. The second kappa shape index (κ2) is 6.92. The van der Waals surface area contributed by atoms with Gasteiger partial charge in [-0.3, -0.25) is 4.79 Å². The second-order valence-electron chi connectivity index (χ2n) is 6.22. The van der Waals surface area contributed by atoms with E-state index in [4.69, 9.17) is 4.74 Å². The fourth-order valence-electron chi connectivity index (χ4n) is 2.92. The molecule has 2 aromatic heterocycles. The van der Waals surface area contributed by atoms with Crippen LogP contribution in [0.15, 0.2) is 60.9 Å². The number of fused-ring (bicyclic) bond motifs is 1. The minimum Gasteiger partial charge on any atom is -0.424 e. The number of aryl methyl sites for hydroxylation is 2. The topological polar surface area (TPSA) is 79.9 Å². The maximum Gasteiger partial charge on any atom is 0.321 e. The molecule has 0 unspecified atom stereocenters. The number of anilines is 1. The van der Waals surface area contributed by atoms with Crippen molar-refractivity contribution in [3.05, 3.63) is 77.7 Å². The van der Waals surface area contributed by atoms with Crippen LogP contribution in [0.1, 0.15) is 21.6 Å². The summed E-state index contributed by atoms with van der Waals surface area (Å²) in [4.78, 5) is 24.1. The summed E-state index contributed by atoms with van der Waals surface area (Å²) in [6, 6.07) is 14.8. The zero-order chi connectivity index (χ0) is 18.8. The molecular weight excluding hydrogens is 340 g/mol. The summed E-state index contributed by atoms with van der Waals surface area (Å²) >= 11 is 0.